The molecule has 3 aromatic carbocycles. The molecule has 0 aliphatic carbocycles. The van der Waals surface area contributed by atoms with Crippen molar-refractivity contribution in [1.82, 2.24) is 0 Å². The molecule has 6 heteroatoms. The largest absolute Gasteiger partial charge is 0.474 e. The van der Waals surface area contributed by atoms with Crippen LogP contribution in [0.4, 0.5) is 0 Å². The maximum Gasteiger partial charge on any atom is 0.344 e. The molecule has 0 unspecified atom stereocenters. The van der Waals surface area contributed by atoms with Crippen molar-refractivity contribution in [2.75, 3.05) is 6.61 Å². The van der Waals surface area contributed by atoms with Crippen molar-refractivity contribution in [2.24, 2.45) is 0 Å². The van der Waals surface area contributed by atoms with Crippen LogP contribution in [-0.2, 0) is 22.6 Å². The van der Waals surface area contributed by atoms with Gasteiger partial charge in [-0.3, -0.25) is 4.79 Å². The molecule has 0 saturated heterocycles. The lowest BCUT2D eigenvalue weighted by Gasteiger charge is -2.12. The first-order chi connectivity index (χ1) is 15.5. The molecular formula is C26H21ClO5. The SMILES string of the molecule is CCc1ccc2oc(-c3ccc(Cl)cc3)c(OCC(=O)OCc3ccccc3)c(=O)c2c1. The Labute approximate surface area is 190 Å². The van der Waals surface area contributed by atoms with E-state index in [1.54, 1.807) is 36.4 Å². The number of esters is 1. The molecule has 162 valence electrons. The van der Waals surface area contributed by atoms with Crippen LogP contribution in [0.2, 0.25) is 5.02 Å². The fourth-order valence-corrected chi connectivity index (χ4v) is 3.40. The van der Waals surface area contributed by atoms with Crippen LogP contribution < -0.4 is 10.2 Å². The molecule has 5 nitrogen and oxygen atoms in total. The number of carbonyl (C=O) groups excluding carboxylic acids is 1. The number of hydrogen-bond acceptors (Lipinski definition) is 5. The van der Waals surface area contributed by atoms with E-state index < -0.39 is 12.6 Å². The van der Waals surface area contributed by atoms with E-state index in [9.17, 15) is 9.59 Å². The molecule has 32 heavy (non-hydrogen) atoms. The Balaban J connectivity index is 1.65. The Bertz CT molecular complexity index is 1290. The number of hydrogen-bond donors (Lipinski definition) is 0. The van der Waals surface area contributed by atoms with Crippen molar-refractivity contribution in [1.29, 1.82) is 0 Å². The molecule has 0 atom stereocenters. The van der Waals surface area contributed by atoms with Gasteiger partial charge in [-0.05, 0) is 53.9 Å². The van der Waals surface area contributed by atoms with E-state index in [-0.39, 0.29) is 23.5 Å². The molecule has 0 aliphatic heterocycles. The van der Waals surface area contributed by atoms with Crippen molar-refractivity contribution in [2.45, 2.75) is 20.0 Å². The first-order valence-corrected chi connectivity index (χ1v) is 10.6. The minimum absolute atomic E-state index is 0.0373. The zero-order valence-corrected chi connectivity index (χ0v) is 18.2. The van der Waals surface area contributed by atoms with Gasteiger partial charge < -0.3 is 13.9 Å². The number of carbonyl (C=O) groups is 1. The second-order valence-corrected chi connectivity index (χ2v) is 7.65. The molecule has 4 aromatic rings. The first kappa shape index (κ1) is 21.7. The third-order valence-electron chi connectivity index (χ3n) is 5.00. The topological polar surface area (TPSA) is 65.7 Å². The predicted molar refractivity (Wildman–Crippen MR) is 124 cm³/mol. The van der Waals surface area contributed by atoms with Crippen molar-refractivity contribution < 1.29 is 18.7 Å². The Kier molecular flexibility index (Phi) is 6.57. The molecule has 1 heterocycles. The van der Waals surface area contributed by atoms with E-state index in [0.29, 0.717) is 21.6 Å². The normalized spacial score (nSPS) is 10.8. The quantitative estimate of drug-likeness (QED) is 0.334. The van der Waals surface area contributed by atoms with Crippen LogP contribution in [0.25, 0.3) is 22.3 Å². The summed E-state index contributed by atoms with van der Waals surface area (Å²) in [6, 6.07) is 21.6. The van der Waals surface area contributed by atoms with Crippen molar-refractivity contribution in [3.63, 3.8) is 0 Å². The lowest BCUT2D eigenvalue weighted by Crippen LogP contribution is -2.19. The molecule has 0 bridgehead atoms. The summed E-state index contributed by atoms with van der Waals surface area (Å²) in [5, 5.41) is 0.950. The third-order valence-corrected chi connectivity index (χ3v) is 5.26. The third kappa shape index (κ3) is 4.84. The predicted octanol–water partition coefficient (Wildman–Crippen LogP) is 5.80. The molecule has 1 aromatic heterocycles. The summed E-state index contributed by atoms with van der Waals surface area (Å²) in [6.07, 6.45) is 0.774. The van der Waals surface area contributed by atoms with Crippen molar-refractivity contribution in [3.8, 4) is 17.1 Å². The van der Waals surface area contributed by atoms with Crippen LogP contribution >= 0.6 is 11.6 Å². The van der Waals surface area contributed by atoms with Gasteiger partial charge in [-0.15, -0.1) is 0 Å². The summed E-state index contributed by atoms with van der Waals surface area (Å²) in [6.45, 7) is 1.71. The van der Waals surface area contributed by atoms with E-state index in [0.717, 1.165) is 17.5 Å². The van der Waals surface area contributed by atoms with E-state index in [4.69, 9.17) is 25.5 Å². The van der Waals surface area contributed by atoms with Gasteiger partial charge in [0.1, 0.15) is 12.2 Å². The number of rotatable bonds is 7. The van der Waals surface area contributed by atoms with Crippen LogP contribution in [0.15, 0.2) is 82.0 Å². The lowest BCUT2D eigenvalue weighted by atomic mass is 10.1. The molecule has 0 spiro atoms. The summed E-state index contributed by atoms with van der Waals surface area (Å²) in [7, 11) is 0. The summed E-state index contributed by atoms with van der Waals surface area (Å²) >= 11 is 6.00. The molecular weight excluding hydrogens is 428 g/mol. The highest BCUT2D eigenvalue weighted by Gasteiger charge is 2.19. The summed E-state index contributed by atoms with van der Waals surface area (Å²) in [4.78, 5) is 25.5. The van der Waals surface area contributed by atoms with Gasteiger partial charge in [0.15, 0.2) is 12.4 Å². The molecule has 0 saturated carbocycles. The number of benzene rings is 3. The van der Waals surface area contributed by atoms with Gasteiger partial charge in [-0.1, -0.05) is 54.9 Å². The zero-order valence-electron chi connectivity index (χ0n) is 17.5. The molecule has 0 aliphatic rings. The van der Waals surface area contributed by atoms with Gasteiger partial charge in [0.2, 0.25) is 11.2 Å². The molecule has 4 rings (SSSR count). The summed E-state index contributed by atoms with van der Waals surface area (Å²) < 4.78 is 17.0. The average molecular weight is 449 g/mol. The van der Waals surface area contributed by atoms with Crippen LogP contribution in [0, 0.1) is 0 Å². The minimum atomic E-state index is -0.585. The highest BCUT2D eigenvalue weighted by molar-refractivity contribution is 6.30. The fraction of sp³-hybridized carbons (Fsp3) is 0.154. The van der Waals surface area contributed by atoms with Crippen molar-refractivity contribution in [3.05, 3.63) is 99.2 Å². The number of halogens is 1. The minimum Gasteiger partial charge on any atom is -0.474 e. The van der Waals surface area contributed by atoms with Gasteiger partial charge in [-0.2, -0.15) is 0 Å². The van der Waals surface area contributed by atoms with E-state index in [1.165, 1.54) is 0 Å². The standard InChI is InChI=1S/C26H21ClO5/c1-2-17-8-13-22-21(14-17)24(29)26(25(32-22)19-9-11-20(27)12-10-19)31-16-23(28)30-15-18-6-4-3-5-7-18/h3-14H,2,15-16H2,1H3. The molecule has 0 N–H and O–H groups in total. The highest BCUT2D eigenvalue weighted by atomic mass is 35.5. The van der Waals surface area contributed by atoms with Gasteiger partial charge in [0.05, 0.1) is 5.39 Å². The van der Waals surface area contributed by atoms with Gasteiger partial charge in [-0.25, -0.2) is 4.79 Å². The Hall–Kier alpha value is -3.57. The number of ether oxygens (including phenoxy) is 2. The fourth-order valence-electron chi connectivity index (χ4n) is 3.28. The highest BCUT2D eigenvalue weighted by Crippen LogP contribution is 2.32. The Morgan fingerprint density at radius 1 is 0.969 bits per heavy atom. The number of aryl methyl sites for hydroxylation is 1. The van der Waals surface area contributed by atoms with E-state index >= 15 is 0 Å². The van der Waals surface area contributed by atoms with Gasteiger partial charge in [0, 0.05) is 10.6 Å². The average Bonchev–Trinajstić information content (AvgIpc) is 2.83. The maximum absolute atomic E-state index is 13.3. The molecule has 0 radical (unpaired) electrons. The van der Waals surface area contributed by atoms with E-state index in [2.05, 4.69) is 0 Å². The van der Waals surface area contributed by atoms with E-state index in [1.807, 2.05) is 43.3 Å². The zero-order chi connectivity index (χ0) is 22.5. The second-order valence-electron chi connectivity index (χ2n) is 7.22. The Morgan fingerprint density at radius 2 is 1.72 bits per heavy atom. The monoisotopic (exact) mass is 448 g/mol. The van der Waals surface area contributed by atoms with Crippen molar-refractivity contribution >= 4 is 28.5 Å². The second kappa shape index (κ2) is 9.71. The smallest absolute Gasteiger partial charge is 0.344 e. The maximum atomic E-state index is 13.3. The molecule has 0 amide bonds. The summed E-state index contributed by atoms with van der Waals surface area (Å²) in [5.74, 6) is -0.387. The number of fused-ring (bicyclic) bond motifs is 1. The van der Waals surface area contributed by atoms with Crippen LogP contribution in [0.1, 0.15) is 18.1 Å². The summed E-state index contributed by atoms with van der Waals surface area (Å²) in [5.41, 5.74) is 2.57. The molecule has 0 fully saturated rings. The van der Waals surface area contributed by atoms with Crippen LogP contribution in [-0.4, -0.2) is 12.6 Å². The lowest BCUT2D eigenvalue weighted by molar-refractivity contribution is -0.147. The Morgan fingerprint density at radius 3 is 2.44 bits per heavy atom. The van der Waals surface area contributed by atoms with Crippen LogP contribution in [0.5, 0.6) is 5.75 Å². The van der Waals surface area contributed by atoms with Gasteiger partial charge >= 0.3 is 5.97 Å². The van der Waals surface area contributed by atoms with Crippen LogP contribution in [0.3, 0.4) is 0 Å². The first-order valence-electron chi connectivity index (χ1n) is 10.2. The van der Waals surface area contributed by atoms with Gasteiger partial charge in [0.25, 0.3) is 0 Å².